The highest BCUT2D eigenvalue weighted by molar-refractivity contribution is 5.80. The van der Waals surface area contributed by atoms with Crippen LogP contribution in [0, 0.1) is 12.8 Å². The molecule has 6 nitrogen and oxygen atoms in total. The summed E-state index contributed by atoms with van der Waals surface area (Å²) in [6.45, 7) is 11.0. The van der Waals surface area contributed by atoms with Crippen LogP contribution in [-0.4, -0.2) is 47.4 Å². The van der Waals surface area contributed by atoms with E-state index in [1.807, 2.05) is 24.8 Å². The first kappa shape index (κ1) is 19.2. The fourth-order valence-corrected chi connectivity index (χ4v) is 2.96. The van der Waals surface area contributed by atoms with Crippen LogP contribution in [0.2, 0.25) is 0 Å². The topological polar surface area (TPSA) is 69.6 Å². The number of nitrogens with zero attached hydrogens (tertiary/aromatic N) is 3. The zero-order valence-corrected chi connectivity index (χ0v) is 15.9. The van der Waals surface area contributed by atoms with E-state index in [4.69, 9.17) is 0 Å². The summed E-state index contributed by atoms with van der Waals surface area (Å²) in [7, 11) is 0. The summed E-state index contributed by atoms with van der Waals surface area (Å²) in [6, 6.07) is 4.34. The lowest BCUT2D eigenvalue weighted by molar-refractivity contribution is -0.135. The second-order valence-electron chi connectivity index (χ2n) is 6.86. The van der Waals surface area contributed by atoms with E-state index in [1.54, 1.807) is 6.20 Å². The number of aryl methyl sites for hydroxylation is 1. The largest absolute Gasteiger partial charge is 0.357 e. The molecule has 1 aromatic rings. The maximum Gasteiger partial charge on any atom is 0.225 e. The molecular formula is C19H31N5O. The number of amides is 1. The summed E-state index contributed by atoms with van der Waals surface area (Å²) < 4.78 is 0. The fraction of sp³-hybridized carbons (Fsp3) is 0.632. The maximum atomic E-state index is 12.1. The Bertz CT molecular complexity index is 591. The Kier molecular flexibility index (Phi) is 7.22. The minimum atomic E-state index is 0.0741. The van der Waals surface area contributed by atoms with Crippen LogP contribution >= 0.6 is 0 Å². The molecule has 0 unspecified atom stereocenters. The summed E-state index contributed by atoms with van der Waals surface area (Å²) in [5, 5.41) is 6.81. The molecule has 1 saturated heterocycles. The highest BCUT2D eigenvalue weighted by Crippen LogP contribution is 2.13. The van der Waals surface area contributed by atoms with Crippen molar-refractivity contribution in [1.29, 1.82) is 0 Å². The molecule has 2 heterocycles. The minimum Gasteiger partial charge on any atom is -0.357 e. The monoisotopic (exact) mass is 345 g/mol. The van der Waals surface area contributed by atoms with Crippen molar-refractivity contribution in [3.63, 3.8) is 0 Å². The number of pyridine rings is 1. The predicted molar refractivity (Wildman–Crippen MR) is 101 cm³/mol. The Morgan fingerprint density at radius 1 is 1.40 bits per heavy atom. The average Bonchev–Trinajstić information content (AvgIpc) is 2.61. The van der Waals surface area contributed by atoms with Gasteiger partial charge in [-0.05, 0) is 38.3 Å². The molecule has 2 rings (SSSR count). The van der Waals surface area contributed by atoms with Gasteiger partial charge in [-0.3, -0.25) is 9.78 Å². The number of hydrogen-bond donors (Lipinski definition) is 2. The second-order valence-corrected chi connectivity index (χ2v) is 6.86. The van der Waals surface area contributed by atoms with Crippen LogP contribution in [0.1, 0.15) is 44.9 Å². The Labute approximate surface area is 151 Å². The molecule has 1 fully saturated rings. The van der Waals surface area contributed by atoms with Gasteiger partial charge in [0.15, 0.2) is 5.96 Å². The van der Waals surface area contributed by atoms with E-state index >= 15 is 0 Å². The molecule has 0 saturated carbocycles. The van der Waals surface area contributed by atoms with Crippen molar-refractivity contribution in [1.82, 2.24) is 20.5 Å². The third kappa shape index (κ3) is 5.73. The Hall–Kier alpha value is -2.11. The number of likely N-dealkylation sites (tertiary alicyclic amines) is 1. The lowest BCUT2D eigenvalue weighted by Gasteiger charge is -2.34. The van der Waals surface area contributed by atoms with Gasteiger partial charge in [0.25, 0.3) is 0 Å². The second kappa shape index (κ2) is 9.39. The first-order chi connectivity index (χ1) is 12.0. The van der Waals surface area contributed by atoms with E-state index in [2.05, 4.69) is 40.5 Å². The number of piperidine rings is 1. The molecule has 6 heteroatoms. The van der Waals surface area contributed by atoms with Gasteiger partial charge in [0.1, 0.15) is 0 Å². The summed E-state index contributed by atoms with van der Waals surface area (Å²) in [5.74, 6) is 1.15. The molecule has 138 valence electrons. The lowest BCUT2D eigenvalue weighted by atomic mass is 10.0. The Morgan fingerprint density at radius 2 is 2.12 bits per heavy atom. The van der Waals surface area contributed by atoms with Crippen LogP contribution in [0.3, 0.4) is 0 Å². The van der Waals surface area contributed by atoms with Crippen molar-refractivity contribution in [2.24, 2.45) is 10.9 Å². The highest BCUT2D eigenvalue weighted by Gasteiger charge is 2.24. The summed E-state index contributed by atoms with van der Waals surface area (Å²) in [4.78, 5) is 23.1. The zero-order valence-electron chi connectivity index (χ0n) is 15.9. The van der Waals surface area contributed by atoms with Crippen molar-refractivity contribution in [2.75, 3.05) is 19.6 Å². The van der Waals surface area contributed by atoms with Gasteiger partial charge in [0, 0.05) is 37.8 Å². The molecule has 2 N–H and O–H groups in total. The number of aromatic nitrogens is 1. The highest BCUT2D eigenvalue weighted by atomic mass is 16.2. The fourth-order valence-electron chi connectivity index (χ4n) is 2.96. The van der Waals surface area contributed by atoms with E-state index in [-0.39, 0.29) is 11.8 Å². The summed E-state index contributed by atoms with van der Waals surface area (Å²) >= 11 is 0. The molecule has 1 aliphatic heterocycles. The number of rotatable bonds is 5. The molecule has 0 bridgehead atoms. The van der Waals surface area contributed by atoms with E-state index in [0.717, 1.165) is 49.7 Å². The van der Waals surface area contributed by atoms with Gasteiger partial charge in [-0.25, -0.2) is 4.99 Å². The van der Waals surface area contributed by atoms with E-state index < -0.39 is 0 Å². The molecule has 0 spiro atoms. The molecule has 1 aromatic heterocycles. The maximum absolute atomic E-state index is 12.1. The third-order valence-corrected chi connectivity index (χ3v) is 4.49. The number of guanidine groups is 1. The first-order valence-electron chi connectivity index (χ1n) is 9.25. The molecule has 1 amide bonds. The van der Waals surface area contributed by atoms with Crippen LogP contribution in [0.5, 0.6) is 0 Å². The SMILES string of the molecule is CCNC(=NCc1ncccc1C)NC1CCN(C(=O)C(C)C)CC1. The molecule has 25 heavy (non-hydrogen) atoms. The van der Waals surface area contributed by atoms with Gasteiger partial charge in [0.2, 0.25) is 5.91 Å². The molecule has 0 aliphatic carbocycles. The van der Waals surface area contributed by atoms with Gasteiger partial charge in [-0.2, -0.15) is 0 Å². The van der Waals surface area contributed by atoms with Crippen molar-refractivity contribution in [3.05, 3.63) is 29.6 Å². The smallest absolute Gasteiger partial charge is 0.225 e. The average molecular weight is 345 g/mol. The normalized spacial score (nSPS) is 16.2. The van der Waals surface area contributed by atoms with Crippen molar-refractivity contribution in [2.45, 2.75) is 53.1 Å². The molecular weight excluding hydrogens is 314 g/mol. The van der Waals surface area contributed by atoms with Crippen LogP contribution in [0.25, 0.3) is 0 Å². The van der Waals surface area contributed by atoms with E-state index in [0.29, 0.717) is 12.6 Å². The lowest BCUT2D eigenvalue weighted by Crippen LogP contribution is -2.50. The third-order valence-electron chi connectivity index (χ3n) is 4.49. The van der Waals surface area contributed by atoms with Gasteiger partial charge in [0.05, 0.1) is 12.2 Å². The number of carbonyl (C=O) groups is 1. The van der Waals surface area contributed by atoms with Gasteiger partial charge in [-0.15, -0.1) is 0 Å². The van der Waals surface area contributed by atoms with Crippen LogP contribution in [0.4, 0.5) is 0 Å². The number of hydrogen-bond acceptors (Lipinski definition) is 3. The van der Waals surface area contributed by atoms with E-state index in [9.17, 15) is 4.79 Å². The summed E-state index contributed by atoms with van der Waals surface area (Å²) in [5.41, 5.74) is 2.15. The zero-order chi connectivity index (χ0) is 18.2. The molecule has 0 aromatic carbocycles. The number of nitrogens with one attached hydrogen (secondary N) is 2. The molecule has 1 aliphatic rings. The van der Waals surface area contributed by atoms with Crippen LogP contribution in [-0.2, 0) is 11.3 Å². The quantitative estimate of drug-likeness (QED) is 0.633. The Morgan fingerprint density at radius 3 is 2.72 bits per heavy atom. The Balaban J connectivity index is 1.90. The standard InChI is InChI=1S/C19H31N5O/c1-5-20-19(22-13-17-15(4)7-6-10-21-17)23-16-8-11-24(12-9-16)18(25)14(2)3/h6-7,10,14,16H,5,8-9,11-13H2,1-4H3,(H2,20,22,23). The minimum absolute atomic E-state index is 0.0741. The van der Waals surface area contributed by atoms with Gasteiger partial charge in [-0.1, -0.05) is 19.9 Å². The van der Waals surface area contributed by atoms with E-state index in [1.165, 1.54) is 0 Å². The van der Waals surface area contributed by atoms with Crippen molar-refractivity contribution >= 4 is 11.9 Å². The van der Waals surface area contributed by atoms with Gasteiger partial charge >= 0.3 is 0 Å². The van der Waals surface area contributed by atoms with Crippen LogP contribution in [0.15, 0.2) is 23.3 Å². The number of carbonyl (C=O) groups excluding carboxylic acids is 1. The van der Waals surface area contributed by atoms with Gasteiger partial charge < -0.3 is 15.5 Å². The summed E-state index contributed by atoms with van der Waals surface area (Å²) in [6.07, 6.45) is 3.70. The first-order valence-corrected chi connectivity index (χ1v) is 9.25. The van der Waals surface area contributed by atoms with Crippen molar-refractivity contribution in [3.8, 4) is 0 Å². The number of aliphatic imine (C=N–C) groups is 1. The molecule has 0 atom stereocenters. The molecule has 0 radical (unpaired) electrons. The predicted octanol–water partition coefficient (Wildman–Crippen LogP) is 2.09. The van der Waals surface area contributed by atoms with Crippen molar-refractivity contribution < 1.29 is 4.79 Å². The van der Waals surface area contributed by atoms with Crippen LogP contribution < -0.4 is 10.6 Å².